The molecule has 0 bridgehead atoms. The fourth-order valence-electron chi connectivity index (χ4n) is 2.04. The van der Waals surface area contributed by atoms with E-state index >= 15 is 0 Å². The topological polar surface area (TPSA) is 29.1 Å². The van der Waals surface area contributed by atoms with Gasteiger partial charge in [-0.25, -0.2) is 0 Å². The first-order valence-corrected chi connectivity index (χ1v) is 8.73. The minimum Gasteiger partial charge on any atom is -0.321 e. The van der Waals surface area contributed by atoms with Gasteiger partial charge in [-0.2, -0.15) is 0 Å². The minimum atomic E-state index is -0.0320. The molecule has 0 fully saturated rings. The number of nitrogens with one attached hydrogen (secondary N) is 1. The van der Waals surface area contributed by atoms with Crippen molar-refractivity contribution in [2.24, 2.45) is 0 Å². The summed E-state index contributed by atoms with van der Waals surface area (Å²) in [6, 6.07) is 9.95. The number of thiophene rings is 2. The quantitative estimate of drug-likeness (QED) is 0.648. The van der Waals surface area contributed by atoms with Crippen LogP contribution in [0, 0.1) is 0 Å². The second kappa shape index (κ2) is 5.68. The SMILES string of the molecule is CCc1cc(Br)ccc1NC(=O)c1cc2sccc2s1. The van der Waals surface area contributed by atoms with Crippen LogP contribution in [-0.4, -0.2) is 5.91 Å². The molecule has 0 saturated carbocycles. The van der Waals surface area contributed by atoms with Gasteiger partial charge in [0.2, 0.25) is 0 Å². The fourth-order valence-corrected chi connectivity index (χ4v) is 4.45. The van der Waals surface area contributed by atoms with Crippen LogP contribution < -0.4 is 5.32 Å². The molecule has 0 saturated heterocycles. The van der Waals surface area contributed by atoms with E-state index in [4.69, 9.17) is 0 Å². The van der Waals surface area contributed by atoms with Crippen LogP contribution in [-0.2, 0) is 6.42 Å². The average Bonchev–Trinajstić information content (AvgIpc) is 3.01. The van der Waals surface area contributed by atoms with Crippen molar-refractivity contribution in [3.05, 3.63) is 50.6 Å². The van der Waals surface area contributed by atoms with Gasteiger partial charge in [-0.1, -0.05) is 22.9 Å². The lowest BCUT2D eigenvalue weighted by molar-refractivity contribution is 0.103. The number of hydrogen-bond donors (Lipinski definition) is 1. The van der Waals surface area contributed by atoms with E-state index in [9.17, 15) is 4.79 Å². The molecule has 1 amide bonds. The van der Waals surface area contributed by atoms with E-state index in [0.717, 1.165) is 27.0 Å². The summed E-state index contributed by atoms with van der Waals surface area (Å²) in [4.78, 5) is 13.1. The molecule has 0 spiro atoms. The first-order valence-electron chi connectivity index (χ1n) is 6.24. The van der Waals surface area contributed by atoms with E-state index in [0.29, 0.717) is 0 Å². The van der Waals surface area contributed by atoms with Gasteiger partial charge in [0.05, 0.1) is 4.88 Å². The largest absolute Gasteiger partial charge is 0.321 e. The third kappa shape index (κ3) is 2.66. The maximum absolute atomic E-state index is 12.3. The normalized spacial score (nSPS) is 10.9. The summed E-state index contributed by atoms with van der Waals surface area (Å²) < 4.78 is 3.38. The van der Waals surface area contributed by atoms with Gasteiger partial charge in [-0.3, -0.25) is 4.79 Å². The molecule has 3 aromatic rings. The van der Waals surface area contributed by atoms with E-state index in [-0.39, 0.29) is 5.91 Å². The fraction of sp³-hybridized carbons (Fsp3) is 0.133. The predicted molar refractivity (Wildman–Crippen MR) is 91.2 cm³/mol. The van der Waals surface area contributed by atoms with Crippen molar-refractivity contribution >= 4 is 59.6 Å². The molecule has 2 nitrogen and oxygen atoms in total. The van der Waals surface area contributed by atoms with E-state index in [1.54, 1.807) is 11.3 Å². The van der Waals surface area contributed by atoms with Crippen molar-refractivity contribution in [2.45, 2.75) is 13.3 Å². The Morgan fingerprint density at radius 1 is 1.25 bits per heavy atom. The van der Waals surface area contributed by atoms with Gasteiger partial charge in [0, 0.05) is 19.6 Å². The van der Waals surface area contributed by atoms with Gasteiger partial charge in [0.25, 0.3) is 5.91 Å². The number of benzene rings is 1. The van der Waals surface area contributed by atoms with Crippen molar-refractivity contribution in [3.8, 4) is 0 Å². The molecule has 0 unspecified atom stereocenters. The smallest absolute Gasteiger partial charge is 0.265 e. The van der Waals surface area contributed by atoms with Crippen molar-refractivity contribution in [3.63, 3.8) is 0 Å². The number of anilines is 1. The van der Waals surface area contributed by atoms with E-state index < -0.39 is 0 Å². The van der Waals surface area contributed by atoms with Crippen molar-refractivity contribution in [2.75, 3.05) is 5.32 Å². The van der Waals surface area contributed by atoms with Crippen LogP contribution in [0.15, 0.2) is 40.2 Å². The Bertz CT molecular complexity index is 747. The number of carbonyl (C=O) groups excluding carboxylic acids is 1. The Morgan fingerprint density at radius 3 is 2.85 bits per heavy atom. The van der Waals surface area contributed by atoms with Crippen molar-refractivity contribution < 1.29 is 4.79 Å². The molecule has 0 radical (unpaired) electrons. The highest BCUT2D eigenvalue weighted by atomic mass is 79.9. The van der Waals surface area contributed by atoms with Crippen LogP contribution in [0.2, 0.25) is 0 Å². The van der Waals surface area contributed by atoms with Crippen LogP contribution in [0.5, 0.6) is 0 Å². The predicted octanol–water partition coefficient (Wildman–Crippen LogP) is 5.54. The molecular formula is C15H12BrNOS2. The third-order valence-corrected chi connectivity index (χ3v) is 5.64. The van der Waals surface area contributed by atoms with Gasteiger partial charge >= 0.3 is 0 Å². The van der Waals surface area contributed by atoms with Gasteiger partial charge in [0.1, 0.15) is 0 Å². The number of fused-ring (bicyclic) bond motifs is 1. The standard InChI is InChI=1S/C15H12BrNOS2/c1-2-9-7-10(16)3-4-11(9)17-15(18)14-8-13-12(20-14)5-6-19-13/h3-8H,2H2,1H3,(H,17,18). The third-order valence-electron chi connectivity index (χ3n) is 3.06. The Kier molecular flexibility index (Phi) is 3.92. The average molecular weight is 366 g/mol. The highest BCUT2D eigenvalue weighted by Gasteiger charge is 2.12. The Labute approximate surface area is 133 Å². The number of hydrogen-bond acceptors (Lipinski definition) is 3. The zero-order valence-electron chi connectivity index (χ0n) is 10.8. The number of amides is 1. The van der Waals surface area contributed by atoms with Gasteiger partial charge in [-0.15, -0.1) is 22.7 Å². The minimum absolute atomic E-state index is 0.0320. The lowest BCUT2D eigenvalue weighted by Crippen LogP contribution is -2.11. The van der Waals surface area contributed by atoms with Crippen LogP contribution in [0.25, 0.3) is 9.40 Å². The summed E-state index contributed by atoms with van der Waals surface area (Å²) in [6.07, 6.45) is 0.884. The molecule has 0 aliphatic rings. The first kappa shape index (κ1) is 13.8. The molecule has 0 aliphatic carbocycles. The zero-order chi connectivity index (χ0) is 14.1. The second-order valence-corrected chi connectivity index (χ2v) is 7.32. The van der Waals surface area contributed by atoms with Crippen LogP contribution in [0.1, 0.15) is 22.2 Å². The molecule has 1 N–H and O–H groups in total. The monoisotopic (exact) mass is 365 g/mol. The summed E-state index contributed by atoms with van der Waals surface area (Å²) in [6.45, 7) is 2.08. The highest BCUT2D eigenvalue weighted by Crippen LogP contribution is 2.31. The van der Waals surface area contributed by atoms with Crippen molar-refractivity contribution in [1.29, 1.82) is 0 Å². The van der Waals surface area contributed by atoms with Crippen molar-refractivity contribution in [1.82, 2.24) is 0 Å². The summed E-state index contributed by atoms with van der Waals surface area (Å²) >= 11 is 6.66. The van der Waals surface area contributed by atoms with E-state index in [1.165, 1.54) is 20.7 Å². The summed E-state index contributed by atoms with van der Waals surface area (Å²) in [5.74, 6) is -0.0320. The Hall–Kier alpha value is -1.17. The molecule has 20 heavy (non-hydrogen) atoms. The Morgan fingerprint density at radius 2 is 2.10 bits per heavy atom. The number of halogens is 1. The molecule has 0 atom stereocenters. The molecule has 5 heteroatoms. The molecule has 0 aliphatic heterocycles. The zero-order valence-corrected chi connectivity index (χ0v) is 14.0. The second-order valence-electron chi connectivity index (χ2n) is 4.37. The summed E-state index contributed by atoms with van der Waals surface area (Å²) in [7, 11) is 0. The number of aryl methyl sites for hydroxylation is 1. The van der Waals surface area contributed by atoms with Crippen LogP contribution in [0.4, 0.5) is 5.69 Å². The maximum Gasteiger partial charge on any atom is 0.265 e. The summed E-state index contributed by atoms with van der Waals surface area (Å²) in [5, 5.41) is 5.06. The number of carbonyl (C=O) groups is 1. The first-order chi connectivity index (χ1) is 9.67. The maximum atomic E-state index is 12.3. The van der Waals surface area contributed by atoms with Gasteiger partial charge in [0.15, 0.2) is 0 Å². The molecule has 2 aromatic heterocycles. The van der Waals surface area contributed by atoms with Crippen LogP contribution in [0.3, 0.4) is 0 Å². The van der Waals surface area contributed by atoms with E-state index in [1.807, 2.05) is 29.6 Å². The van der Waals surface area contributed by atoms with Gasteiger partial charge in [-0.05, 0) is 47.7 Å². The number of rotatable bonds is 3. The molecular weight excluding hydrogens is 354 g/mol. The molecule has 1 aromatic carbocycles. The van der Waals surface area contributed by atoms with E-state index in [2.05, 4.69) is 34.2 Å². The highest BCUT2D eigenvalue weighted by molar-refractivity contribution is 9.10. The molecule has 2 heterocycles. The summed E-state index contributed by atoms with van der Waals surface area (Å²) in [5.41, 5.74) is 2.02. The Balaban J connectivity index is 1.87. The lowest BCUT2D eigenvalue weighted by atomic mass is 10.1. The lowest BCUT2D eigenvalue weighted by Gasteiger charge is -2.09. The van der Waals surface area contributed by atoms with Gasteiger partial charge < -0.3 is 5.32 Å². The molecule has 3 rings (SSSR count). The van der Waals surface area contributed by atoms with Crippen LogP contribution >= 0.6 is 38.6 Å². The molecule has 102 valence electrons.